The monoisotopic (exact) mass is 314 g/mol. The van der Waals surface area contributed by atoms with Gasteiger partial charge in [-0.25, -0.2) is 0 Å². The first-order valence-electron chi connectivity index (χ1n) is 9.35. The summed E-state index contributed by atoms with van der Waals surface area (Å²) in [5.41, 5.74) is 1.37. The Morgan fingerprint density at radius 1 is 0.957 bits per heavy atom. The molecular weight excluding hydrogens is 284 g/mol. The van der Waals surface area contributed by atoms with Crippen LogP contribution in [0.5, 0.6) is 0 Å². The van der Waals surface area contributed by atoms with E-state index in [9.17, 15) is 4.79 Å². The molecule has 1 amide bonds. The van der Waals surface area contributed by atoms with Crippen LogP contribution in [0.4, 0.5) is 0 Å². The van der Waals surface area contributed by atoms with Crippen molar-refractivity contribution in [2.45, 2.75) is 51.5 Å². The molecule has 1 aliphatic heterocycles. The van der Waals surface area contributed by atoms with Gasteiger partial charge in [0.25, 0.3) is 0 Å². The standard InChI is InChI=1S/C20H30N2O/c23-20(12-11-18-7-3-1-4-8-18)22-15-13-21(14-16-22)17-19-9-5-2-6-10-19/h2,5-6,9-10,18H,1,3-4,7-8,11-17H2. The lowest BCUT2D eigenvalue weighted by molar-refractivity contribution is -0.133. The van der Waals surface area contributed by atoms with Crippen LogP contribution < -0.4 is 0 Å². The molecule has 0 bridgehead atoms. The largest absolute Gasteiger partial charge is 0.340 e. The lowest BCUT2D eigenvalue weighted by atomic mass is 9.86. The second-order valence-electron chi connectivity index (χ2n) is 7.19. The molecule has 0 unspecified atom stereocenters. The first-order valence-corrected chi connectivity index (χ1v) is 9.35. The minimum Gasteiger partial charge on any atom is -0.340 e. The summed E-state index contributed by atoms with van der Waals surface area (Å²) in [4.78, 5) is 17.0. The van der Waals surface area contributed by atoms with Crippen LogP contribution in [-0.2, 0) is 11.3 Å². The van der Waals surface area contributed by atoms with Crippen molar-refractivity contribution in [3.05, 3.63) is 35.9 Å². The van der Waals surface area contributed by atoms with Gasteiger partial charge in [0.2, 0.25) is 5.91 Å². The van der Waals surface area contributed by atoms with Crippen LogP contribution >= 0.6 is 0 Å². The number of amides is 1. The van der Waals surface area contributed by atoms with Crippen LogP contribution in [0.15, 0.2) is 30.3 Å². The van der Waals surface area contributed by atoms with E-state index in [1.165, 1.54) is 37.7 Å². The van der Waals surface area contributed by atoms with Gasteiger partial charge in [-0.15, -0.1) is 0 Å². The highest BCUT2D eigenvalue weighted by Crippen LogP contribution is 2.27. The van der Waals surface area contributed by atoms with Crippen molar-refractivity contribution < 1.29 is 4.79 Å². The Kier molecular flexibility index (Phi) is 6.09. The molecule has 0 N–H and O–H groups in total. The van der Waals surface area contributed by atoms with E-state index < -0.39 is 0 Å². The second-order valence-corrected chi connectivity index (χ2v) is 7.19. The lowest BCUT2D eigenvalue weighted by Crippen LogP contribution is -2.48. The summed E-state index contributed by atoms with van der Waals surface area (Å²) >= 11 is 0. The first kappa shape index (κ1) is 16.5. The molecule has 2 aliphatic rings. The highest BCUT2D eigenvalue weighted by Gasteiger charge is 2.22. The summed E-state index contributed by atoms with van der Waals surface area (Å²) in [6.45, 7) is 4.81. The molecule has 2 fully saturated rings. The van der Waals surface area contributed by atoms with E-state index in [2.05, 4.69) is 40.1 Å². The van der Waals surface area contributed by atoms with Crippen molar-refractivity contribution in [1.29, 1.82) is 0 Å². The molecule has 3 rings (SSSR count). The lowest BCUT2D eigenvalue weighted by Gasteiger charge is -2.35. The Morgan fingerprint density at radius 2 is 1.65 bits per heavy atom. The summed E-state index contributed by atoms with van der Waals surface area (Å²) in [5.74, 6) is 1.20. The van der Waals surface area contributed by atoms with Crippen LogP contribution in [0.1, 0.15) is 50.5 Å². The van der Waals surface area contributed by atoms with Gasteiger partial charge < -0.3 is 4.90 Å². The molecule has 0 radical (unpaired) electrons. The number of rotatable bonds is 5. The normalized spacial score (nSPS) is 20.6. The molecule has 1 saturated carbocycles. The van der Waals surface area contributed by atoms with Crippen molar-refractivity contribution in [1.82, 2.24) is 9.80 Å². The molecule has 1 aromatic carbocycles. The molecule has 126 valence electrons. The second kappa shape index (κ2) is 8.49. The van der Waals surface area contributed by atoms with E-state index in [0.29, 0.717) is 5.91 Å². The van der Waals surface area contributed by atoms with Crippen LogP contribution in [-0.4, -0.2) is 41.9 Å². The zero-order valence-corrected chi connectivity index (χ0v) is 14.3. The molecular formula is C20H30N2O. The smallest absolute Gasteiger partial charge is 0.222 e. The van der Waals surface area contributed by atoms with Gasteiger partial charge in [0.1, 0.15) is 0 Å². The van der Waals surface area contributed by atoms with Crippen molar-refractivity contribution >= 4 is 5.91 Å². The van der Waals surface area contributed by atoms with Gasteiger partial charge in [0.15, 0.2) is 0 Å². The average molecular weight is 314 g/mol. The van der Waals surface area contributed by atoms with E-state index in [1.807, 2.05) is 0 Å². The van der Waals surface area contributed by atoms with Crippen molar-refractivity contribution in [3.63, 3.8) is 0 Å². The number of piperazine rings is 1. The fourth-order valence-electron chi connectivity index (χ4n) is 3.96. The highest BCUT2D eigenvalue weighted by molar-refractivity contribution is 5.76. The minimum atomic E-state index is 0.384. The predicted octanol–water partition coefficient (Wildman–Crippen LogP) is 3.69. The topological polar surface area (TPSA) is 23.6 Å². The Hall–Kier alpha value is -1.35. The Labute approximate surface area is 140 Å². The van der Waals surface area contributed by atoms with Crippen molar-refractivity contribution in [2.24, 2.45) is 5.92 Å². The maximum atomic E-state index is 12.4. The fraction of sp³-hybridized carbons (Fsp3) is 0.650. The number of benzene rings is 1. The number of nitrogens with zero attached hydrogens (tertiary/aromatic N) is 2. The highest BCUT2D eigenvalue weighted by atomic mass is 16.2. The first-order chi connectivity index (χ1) is 11.3. The maximum absolute atomic E-state index is 12.4. The minimum absolute atomic E-state index is 0.384. The summed E-state index contributed by atoms with van der Waals surface area (Å²) in [6.07, 6.45) is 8.71. The van der Waals surface area contributed by atoms with Crippen LogP contribution in [0.3, 0.4) is 0 Å². The van der Waals surface area contributed by atoms with E-state index >= 15 is 0 Å². The summed E-state index contributed by atoms with van der Waals surface area (Å²) in [6, 6.07) is 10.6. The van der Waals surface area contributed by atoms with Crippen LogP contribution in [0.2, 0.25) is 0 Å². The van der Waals surface area contributed by atoms with E-state index in [4.69, 9.17) is 0 Å². The number of hydrogen-bond donors (Lipinski definition) is 0. The molecule has 3 heteroatoms. The summed E-state index contributed by atoms with van der Waals surface area (Å²) in [5, 5.41) is 0. The van der Waals surface area contributed by atoms with Gasteiger partial charge in [0, 0.05) is 39.1 Å². The van der Waals surface area contributed by atoms with Gasteiger partial charge >= 0.3 is 0 Å². The number of hydrogen-bond acceptors (Lipinski definition) is 2. The Morgan fingerprint density at radius 3 is 2.35 bits per heavy atom. The molecule has 0 atom stereocenters. The Bertz CT molecular complexity index is 474. The maximum Gasteiger partial charge on any atom is 0.222 e. The van der Waals surface area contributed by atoms with E-state index in [0.717, 1.165) is 51.5 Å². The third kappa shape index (κ3) is 5.07. The molecule has 0 aromatic heterocycles. The predicted molar refractivity (Wildman–Crippen MR) is 94.1 cm³/mol. The Balaban J connectivity index is 1.37. The number of carbonyl (C=O) groups excluding carboxylic acids is 1. The molecule has 0 spiro atoms. The van der Waals surface area contributed by atoms with Gasteiger partial charge in [-0.05, 0) is 17.9 Å². The van der Waals surface area contributed by atoms with Gasteiger partial charge in [-0.3, -0.25) is 9.69 Å². The molecule has 3 nitrogen and oxygen atoms in total. The SMILES string of the molecule is O=C(CCC1CCCCC1)N1CCN(Cc2ccccc2)CC1. The van der Waals surface area contributed by atoms with Gasteiger partial charge in [0.05, 0.1) is 0 Å². The molecule has 1 heterocycles. The van der Waals surface area contributed by atoms with E-state index in [1.54, 1.807) is 0 Å². The van der Waals surface area contributed by atoms with Crippen molar-refractivity contribution in [2.75, 3.05) is 26.2 Å². The third-order valence-electron chi connectivity index (χ3n) is 5.47. The van der Waals surface area contributed by atoms with Crippen LogP contribution in [0.25, 0.3) is 0 Å². The van der Waals surface area contributed by atoms with E-state index in [-0.39, 0.29) is 0 Å². The summed E-state index contributed by atoms with van der Waals surface area (Å²) < 4.78 is 0. The fourth-order valence-corrected chi connectivity index (χ4v) is 3.96. The molecule has 1 saturated heterocycles. The molecule has 1 aliphatic carbocycles. The summed E-state index contributed by atoms with van der Waals surface area (Å²) in [7, 11) is 0. The average Bonchev–Trinajstić information content (AvgIpc) is 2.62. The third-order valence-corrected chi connectivity index (χ3v) is 5.47. The number of carbonyl (C=O) groups is 1. The quantitative estimate of drug-likeness (QED) is 0.827. The van der Waals surface area contributed by atoms with Gasteiger partial charge in [-0.1, -0.05) is 62.4 Å². The molecule has 1 aromatic rings. The zero-order valence-electron chi connectivity index (χ0n) is 14.3. The zero-order chi connectivity index (χ0) is 15.9. The van der Waals surface area contributed by atoms with Crippen LogP contribution in [0, 0.1) is 5.92 Å². The van der Waals surface area contributed by atoms with Crippen molar-refractivity contribution in [3.8, 4) is 0 Å². The van der Waals surface area contributed by atoms with Gasteiger partial charge in [-0.2, -0.15) is 0 Å². The molecule has 23 heavy (non-hydrogen) atoms.